The van der Waals surface area contributed by atoms with Crippen molar-refractivity contribution in [3.05, 3.63) is 48.0 Å². The minimum atomic E-state index is -0.884. The van der Waals surface area contributed by atoms with Crippen LogP contribution < -0.4 is 30.7 Å². The molecule has 30 heavy (non-hydrogen) atoms. The van der Waals surface area contributed by atoms with E-state index in [2.05, 4.69) is 15.8 Å². The van der Waals surface area contributed by atoms with Gasteiger partial charge in [-0.25, -0.2) is 10.2 Å². The van der Waals surface area contributed by atoms with Gasteiger partial charge in [-0.3, -0.25) is 4.79 Å². The largest absolute Gasteiger partial charge is 0.493 e. The van der Waals surface area contributed by atoms with Crippen LogP contribution in [0, 0.1) is 0 Å². The fourth-order valence-electron chi connectivity index (χ4n) is 2.32. The van der Waals surface area contributed by atoms with E-state index in [1.807, 2.05) is 0 Å². The van der Waals surface area contributed by atoms with Gasteiger partial charge in [0.25, 0.3) is 0 Å². The summed E-state index contributed by atoms with van der Waals surface area (Å²) in [6.07, 6.45) is 0.516. The summed E-state index contributed by atoms with van der Waals surface area (Å²) < 4.78 is 16.4. The smallest absolute Gasteiger partial charge is 0.332 e. The third kappa shape index (κ3) is 7.68. The van der Waals surface area contributed by atoms with E-state index in [0.29, 0.717) is 28.5 Å². The summed E-state index contributed by atoms with van der Waals surface area (Å²) in [5.74, 6) is 1.25. The Morgan fingerprint density at radius 3 is 2.47 bits per heavy atom. The molecule has 0 aromatic heterocycles. The molecule has 0 heterocycles. The van der Waals surface area contributed by atoms with Crippen LogP contribution >= 0.6 is 0 Å². The van der Waals surface area contributed by atoms with Gasteiger partial charge in [-0.05, 0) is 48.0 Å². The number of methoxy groups -OCH3 is 1. The number of benzene rings is 2. The lowest BCUT2D eigenvalue weighted by Crippen LogP contribution is -2.25. The summed E-state index contributed by atoms with van der Waals surface area (Å²) in [4.78, 5) is 21.6. The van der Waals surface area contributed by atoms with Crippen LogP contribution in [-0.2, 0) is 4.79 Å². The summed E-state index contributed by atoms with van der Waals surface area (Å²) in [5, 5.41) is 16.4. The maximum atomic E-state index is 11.0. The van der Waals surface area contributed by atoms with Gasteiger partial charge in [0.1, 0.15) is 25.1 Å². The normalized spacial score (nSPS) is 11.6. The number of aliphatic hydroxyl groups is 1. The second-order valence-electron chi connectivity index (χ2n) is 6.13. The molecule has 2 aromatic rings. The molecule has 0 aliphatic heterocycles. The van der Waals surface area contributed by atoms with Crippen LogP contribution in [-0.4, -0.2) is 49.7 Å². The molecule has 0 fully saturated rings. The molecule has 0 bridgehead atoms. The average Bonchev–Trinajstić information content (AvgIpc) is 2.71. The van der Waals surface area contributed by atoms with Crippen molar-refractivity contribution in [2.75, 3.05) is 25.6 Å². The minimum absolute atomic E-state index is 0.0169. The molecule has 10 heteroatoms. The van der Waals surface area contributed by atoms with Crippen LogP contribution in [0.4, 0.5) is 10.5 Å². The Balaban J connectivity index is 1.84. The van der Waals surface area contributed by atoms with Crippen molar-refractivity contribution in [1.82, 2.24) is 5.43 Å². The highest BCUT2D eigenvalue weighted by Crippen LogP contribution is 2.27. The number of carbonyl (C=O) groups excluding carboxylic acids is 2. The molecule has 2 rings (SSSR count). The van der Waals surface area contributed by atoms with E-state index in [1.54, 1.807) is 42.5 Å². The average molecular weight is 416 g/mol. The lowest BCUT2D eigenvalue weighted by atomic mass is 10.2. The summed E-state index contributed by atoms with van der Waals surface area (Å²) in [5.41, 5.74) is 8.34. The zero-order chi connectivity index (χ0) is 21.9. The molecule has 1 unspecified atom stereocenters. The summed E-state index contributed by atoms with van der Waals surface area (Å²) in [6.45, 7) is 1.43. The standard InChI is InChI=1S/C20H24N4O6/c1-13(25)23-15-4-6-17(7-5-15)29-11-16(26)12-30-18-8-3-14(9-19(18)28-2)10-22-24-20(21)27/h3-10,16,26H,11-12H2,1-2H3,(H,23,25)(H3,21,24,27). The Kier molecular flexibility index (Phi) is 8.45. The van der Waals surface area contributed by atoms with Gasteiger partial charge in [-0.15, -0.1) is 0 Å². The van der Waals surface area contributed by atoms with Crippen molar-refractivity contribution in [3.63, 3.8) is 0 Å². The zero-order valence-electron chi connectivity index (χ0n) is 16.6. The van der Waals surface area contributed by atoms with Gasteiger partial charge in [-0.1, -0.05) is 0 Å². The van der Waals surface area contributed by atoms with E-state index in [4.69, 9.17) is 19.9 Å². The second kappa shape index (κ2) is 11.3. The van der Waals surface area contributed by atoms with E-state index >= 15 is 0 Å². The molecule has 160 valence electrons. The van der Waals surface area contributed by atoms with Crippen molar-refractivity contribution in [2.45, 2.75) is 13.0 Å². The van der Waals surface area contributed by atoms with Crippen LogP contribution in [0.2, 0.25) is 0 Å². The number of nitrogens with one attached hydrogen (secondary N) is 2. The van der Waals surface area contributed by atoms with E-state index in [1.165, 1.54) is 20.2 Å². The van der Waals surface area contributed by atoms with E-state index in [-0.39, 0.29) is 19.1 Å². The first-order chi connectivity index (χ1) is 14.4. The molecular weight excluding hydrogens is 392 g/mol. The number of anilines is 1. The molecule has 0 saturated heterocycles. The highest BCUT2D eigenvalue weighted by atomic mass is 16.5. The van der Waals surface area contributed by atoms with Crippen molar-refractivity contribution in [2.24, 2.45) is 10.8 Å². The monoisotopic (exact) mass is 416 g/mol. The predicted octanol–water partition coefficient (Wildman–Crippen LogP) is 1.47. The van der Waals surface area contributed by atoms with E-state index < -0.39 is 12.1 Å². The van der Waals surface area contributed by atoms with Crippen LogP contribution in [0.5, 0.6) is 17.2 Å². The quantitative estimate of drug-likeness (QED) is 0.341. The van der Waals surface area contributed by atoms with Crippen LogP contribution in [0.15, 0.2) is 47.6 Å². The number of nitrogens with two attached hydrogens (primary N) is 1. The second-order valence-corrected chi connectivity index (χ2v) is 6.13. The van der Waals surface area contributed by atoms with Crippen molar-refractivity contribution in [3.8, 4) is 17.2 Å². The molecule has 5 N–H and O–H groups in total. The summed E-state index contributed by atoms with van der Waals surface area (Å²) in [6, 6.07) is 11.0. The number of nitrogens with zero attached hydrogens (tertiary/aromatic N) is 1. The maximum Gasteiger partial charge on any atom is 0.332 e. The van der Waals surface area contributed by atoms with Gasteiger partial charge in [0.15, 0.2) is 11.5 Å². The summed E-state index contributed by atoms with van der Waals surface area (Å²) >= 11 is 0. The number of hydrazone groups is 1. The molecule has 0 saturated carbocycles. The molecule has 3 amide bonds. The number of hydrogen-bond donors (Lipinski definition) is 4. The molecule has 0 aliphatic carbocycles. The highest BCUT2D eigenvalue weighted by molar-refractivity contribution is 5.88. The molecule has 1 atom stereocenters. The van der Waals surface area contributed by atoms with Gasteiger partial charge in [-0.2, -0.15) is 5.10 Å². The van der Waals surface area contributed by atoms with Gasteiger partial charge >= 0.3 is 6.03 Å². The maximum absolute atomic E-state index is 11.0. The number of carbonyl (C=O) groups is 2. The summed E-state index contributed by atoms with van der Waals surface area (Å²) in [7, 11) is 1.48. The van der Waals surface area contributed by atoms with E-state index in [9.17, 15) is 14.7 Å². The molecule has 0 aliphatic rings. The van der Waals surface area contributed by atoms with Gasteiger partial charge in [0, 0.05) is 12.6 Å². The fraction of sp³-hybridized carbons (Fsp3) is 0.250. The number of urea groups is 1. The van der Waals surface area contributed by atoms with Crippen molar-refractivity contribution < 1.29 is 28.9 Å². The minimum Gasteiger partial charge on any atom is -0.493 e. The number of hydrogen-bond acceptors (Lipinski definition) is 7. The number of rotatable bonds is 10. The number of aliphatic hydroxyl groups excluding tert-OH is 1. The Morgan fingerprint density at radius 1 is 1.13 bits per heavy atom. The van der Waals surface area contributed by atoms with Crippen molar-refractivity contribution in [1.29, 1.82) is 0 Å². The Morgan fingerprint density at radius 2 is 1.83 bits per heavy atom. The molecule has 10 nitrogen and oxygen atoms in total. The van der Waals surface area contributed by atoms with Gasteiger partial charge in [0.05, 0.1) is 13.3 Å². The number of ether oxygens (including phenoxy) is 3. The third-order valence-corrected chi connectivity index (χ3v) is 3.62. The van der Waals surface area contributed by atoms with Gasteiger partial charge in [0.2, 0.25) is 5.91 Å². The molecule has 0 radical (unpaired) electrons. The van der Waals surface area contributed by atoms with E-state index in [0.717, 1.165) is 0 Å². The van der Waals surface area contributed by atoms with Crippen LogP contribution in [0.25, 0.3) is 0 Å². The first-order valence-corrected chi connectivity index (χ1v) is 8.95. The molecular formula is C20H24N4O6. The van der Waals surface area contributed by atoms with Crippen LogP contribution in [0.3, 0.4) is 0 Å². The molecule has 0 spiro atoms. The highest BCUT2D eigenvalue weighted by Gasteiger charge is 2.10. The molecule has 2 aromatic carbocycles. The lowest BCUT2D eigenvalue weighted by Gasteiger charge is -2.15. The zero-order valence-corrected chi connectivity index (χ0v) is 16.6. The predicted molar refractivity (Wildman–Crippen MR) is 111 cm³/mol. The third-order valence-electron chi connectivity index (χ3n) is 3.62. The first kappa shape index (κ1) is 22.5. The SMILES string of the molecule is COc1cc(C=NNC(N)=O)ccc1OCC(O)COc1ccc(NC(C)=O)cc1. The topological polar surface area (TPSA) is 145 Å². The Hall–Kier alpha value is -3.79. The first-order valence-electron chi connectivity index (χ1n) is 8.95. The Bertz CT molecular complexity index is 885. The van der Waals surface area contributed by atoms with Gasteiger partial charge < -0.3 is 30.4 Å². The van der Waals surface area contributed by atoms with Crippen molar-refractivity contribution >= 4 is 23.8 Å². The fourth-order valence-corrected chi connectivity index (χ4v) is 2.32. The Labute approximate surface area is 173 Å². The lowest BCUT2D eigenvalue weighted by molar-refractivity contribution is -0.114. The van der Waals surface area contributed by atoms with Crippen LogP contribution in [0.1, 0.15) is 12.5 Å². The number of amides is 3. The number of primary amides is 1.